The predicted octanol–water partition coefficient (Wildman–Crippen LogP) is 3.67. The molecule has 7 heteroatoms. The minimum absolute atomic E-state index is 0.0304. The zero-order chi connectivity index (χ0) is 22.5. The fourth-order valence-electron chi connectivity index (χ4n) is 3.86. The standard InChI is InChI=1S/C26H25N5O2/c32-26(30-17-15-29(16-18-30)24-5-1-3-13-27-24)12-9-21-7-10-23(11-8-21)33-20-22-19-31-14-4-2-6-25(31)28-22/h1-14,19H,15-18,20H2/b12-9+. The van der Waals surface area contributed by atoms with Gasteiger partial charge in [0.25, 0.3) is 0 Å². The Hall–Kier alpha value is -4.13. The summed E-state index contributed by atoms with van der Waals surface area (Å²) in [6.45, 7) is 3.36. The van der Waals surface area contributed by atoms with Gasteiger partial charge in [-0.2, -0.15) is 0 Å². The molecule has 1 aromatic carbocycles. The van der Waals surface area contributed by atoms with Gasteiger partial charge in [0.1, 0.15) is 23.8 Å². The summed E-state index contributed by atoms with van der Waals surface area (Å²) in [5, 5.41) is 0. The number of imidazole rings is 1. The van der Waals surface area contributed by atoms with Crippen LogP contribution < -0.4 is 9.64 Å². The SMILES string of the molecule is O=C(/C=C/c1ccc(OCc2cn3ccccc3n2)cc1)N1CCN(c2ccccn2)CC1. The van der Waals surface area contributed by atoms with E-state index < -0.39 is 0 Å². The van der Waals surface area contributed by atoms with Gasteiger partial charge in [-0.15, -0.1) is 0 Å². The van der Waals surface area contributed by atoms with E-state index in [0.29, 0.717) is 19.7 Å². The molecular formula is C26H25N5O2. The number of benzene rings is 1. The Morgan fingerprint density at radius 1 is 0.970 bits per heavy atom. The van der Waals surface area contributed by atoms with Crippen molar-refractivity contribution in [2.75, 3.05) is 31.1 Å². The Kier molecular flexibility index (Phi) is 6.01. The molecule has 1 fully saturated rings. The number of nitrogens with zero attached hydrogens (tertiary/aromatic N) is 5. The van der Waals surface area contributed by atoms with Gasteiger partial charge in [0.15, 0.2) is 0 Å². The predicted molar refractivity (Wildman–Crippen MR) is 128 cm³/mol. The van der Waals surface area contributed by atoms with Crippen molar-refractivity contribution in [2.45, 2.75) is 6.61 Å². The van der Waals surface area contributed by atoms with Gasteiger partial charge in [0, 0.05) is 50.8 Å². The number of piperazine rings is 1. The molecule has 0 bridgehead atoms. The molecule has 0 saturated carbocycles. The summed E-state index contributed by atoms with van der Waals surface area (Å²) in [6.07, 6.45) is 9.22. The summed E-state index contributed by atoms with van der Waals surface area (Å²) in [5.41, 5.74) is 2.73. The van der Waals surface area contributed by atoms with E-state index in [-0.39, 0.29) is 5.91 Å². The van der Waals surface area contributed by atoms with Crippen molar-refractivity contribution < 1.29 is 9.53 Å². The lowest BCUT2D eigenvalue weighted by Crippen LogP contribution is -2.48. The molecule has 1 aliphatic heterocycles. The molecular weight excluding hydrogens is 414 g/mol. The van der Waals surface area contributed by atoms with Crippen molar-refractivity contribution in [3.8, 4) is 5.75 Å². The molecule has 0 spiro atoms. The summed E-state index contributed by atoms with van der Waals surface area (Å²) >= 11 is 0. The van der Waals surface area contributed by atoms with Crippen LogP contribution in [0.25, 0.3) is 11.7 Å². The maximum Gasteiger partial charge on any atom is 0.246 e. The summed E-state index contributed by atoms with van der Waals surface area (Å²) in [4.78, 5) is 25.6. The summed E-state index contributed by atoms with van der Waals surface area (Å²) in [7, 11) is 0. The smallest absolute Gasteiger partial charge is 0.246 e. The molecule has 0 aliphatic carbocycles. The van der Waals surface area contributed by atoms with Crippen LogP contribution in [0.5, 0.6) is 5.75 Å². The fourth-order valence-corrected chi connectivity index (χ4v) is 3.86. The zero-order valence-corrected chi connectivity index (χ0v) is 18.2. The molecule has 166 valence electrons. The molecule has 5 rings (SSSR count). The van der Waals surface area contributed by atoms with Crippen molar-refractivity contribution in [2.24, 2.45) is 0 Å². The molecule has 0 atom stereocenters. The Morgan fingerprint density at radius 3 is 2.55 bits per heavy atom. The lowest BCUT2D eigenvalue weighted by Gasteiger charge is -2.34. The highest BCUT2D eigenvalue weighted by Crippen LogP contribution is 2.16. The van der Waals surface area contributed by atoms with E-state index in [2.05, 4.69) is 14.9 Å². The van der Waals surface area contributed by atoms with Crippen molar-refractivity contribution in [3.63, 3.8) is 0 Å². The van der Waals surface area contributed by atoms with Gasteiger partial charge in [-0.3, -0.25) is 4.79 Å². The minimum atomic E-state index is 0.0304. The first-order valence-corrected chi connectivity index (χ1v) is 11.0. The number of amides is 1. The summed E-state index contributed by atoms with van der Waals surface area (Å²) in [6, 6.07) is 19.5. The lowest BCUT2D eigenvalue weighted by molar-refractivity contribution is -0.126. The van der Waals surface area contributed by atoms with Crippen LogP contribution in [-0.4, -0.2) is 51.4 Å². The van der Waals surface area contributed by atoms with Crippen LogP contribution in [0.15, 0.2) is 85.3 Å². The zero-order valence-electron chi connectivity index (χ0n) is 18.2. The molecule has 1 aliphatic rings. The monoisotopic (exact) mass is 439 g/mol. The first-order chi connectivity index (χ1) is 16.2. The van der Waals surface area contributed by atoms with E-state index in [1.54, 1.807) is 12.3 Å². The highest BCUT2D eigenvalue weighted by atomic mass is 16.5. The van der Waals surface area contributed by atoms with E-state index in [0.717, 1.165) is 41.6 Å². The van der Waals surface area contributed by atoms with Crippen LogP contribution >= 0.6 is 0 Å². The Morgan fingerprint density at radius 2 is 1.79 bits per heavy atom. The number of carbonyl (C=O) groups is 1. The average molecular weight is 440 g/mol. The Bertz CT molecular complexity index is 1210. The first-order valence-electron chi connectivity index (χ1n) is 11.0. The third-order valence-corrected chi connectivity index (χ3v) is 5.66. The summed E-state index contributed by atoms with van der Waals surface area (Å²) < 4.78 is 7.83. The second-order valence-electron chi connectivity index (χ2n) is 7.89. The van der Waals surface area contributed by atoms with Gasteiger partial charge in [0.05, 0.1) is 5.69 Å². The molecule has 33 heavy (non-hydrogen) atoms. The third kappa shape index (κ3) is 5.03. The maximum absolute atomic E-state index is 12.6. The highest BCUT2D eigenvalue weighted by molar-refractivity contribution is 5.92. The van der Waals surface area contributed by atoms with Crippen LogP contribution in [0.4, 0.5) is 5.82 Å². The van der Waals surface area contributed by atoms with Gasteiger partial charge in [-0.1, -0.05) is 24.3 Å². The number of ether oxygens (including phenoxy) is 1. The fraction of sp³-hybridized carbons (Fsp3) is 0.192. The third-order valence-electron chi connectivity index (χ3n) is 5.66. The number of anilines is 1. The lowest BCUT2D eigenvalue weighted by atomic mass is 10.2. The Balaban J connectivity index is 1.11. The van der Waals surface area contributed by atoms with Crippen LogP contribution in [0.1, 0.15) is 11.3 Å². The number of pyridine rings is 2. The van der Waals surface area contributed by atoms with Gasteiger partial charge in [0.2, 0.25) is 5.91 Å². The quantitative estimate of drug-likeness (QED) is 0.429. The van der Waals surface area contributed by atoms with Crippen molar-refractivity contribution in [1.82, 2.24) is 19.3 Å². The van der Waals surface area contributed by atoms with Gasteiger partial charge >= 0.3 is 0 Å². The van der Waals surface area contributed by atoms with Crippen LogP contribution in [-0.2, 0) is 11.4 Å². The minimum Gasteiger partial charge on any atom is -0.487 e. The second-order valence-corrected chi connectivity index (χ2v) is 7.89. The van der Waals surface area contributed by atoms with Crippen molar-refractivity contribution >= 4 is 23.4 Å². The van der Waals surface area contributed by atoms with Crippen molar-refractivity contribution in [1.29, 1.82) is 0 Å². The molecule has 1 amide bonds. The molecule has 4 aromatic rings. The number of rotatable bonds is 6. The number of carbonyl (C=O) groups excluding carboxylic acids is 1. The van der Waals surface area contributed by atoms with Crippen LogP contribution in [0.2, 0.25) is 0 Å². The maximum atomic E-state index is 12.6. The molecule has 7 nitrogen and oxygen atoms in total. The summed E-state index contributed by atoms with van der Waals surface area (Å²) in [5.74, 6) is 1.76. The largest absolute Gasteiger partial charge is 0.487 e. The number of hydrogen-bond donors (Lipinski definition) is 0. The van der Waals surface area contributed by atoms with Crippen molar-refractivity contribution in [3.05, 3.63) is 96.6 Å². The van der Waals surface area contributed by atoms with Gasteiger partial charge in [-0.05, 0) is 48.0 Å². The molecule has 0 unspecified atom stereocenters. The molecule has 0 radical (unpaired) electrons. The van der Waals surface area contributed by atoms with E-state index >= 15 is 0 Å². The van der Waals surface area contributed by atoms with Crippen LogP contribution in [0, 0.1) is 0 Å². The number of hydrogen-bond acceptors (Lipinski definition) is 5. The van der Waals surface area contributed by atoms with Gasteiger partial charge < -0.3 is 18.9 Å². The molecule has 3 aromatic heterocycles. The molecule has 0 N–H and O–H groups in total. The van der Waals surface area contributed by atoms with E-state index in [1.165, 1.54) is 0 Å². The second kappa shape index (κ2) is 9.56. The normalized spacial score (nSPS) is 14.2. The first kappa shape index (κ1) is 20.8. The van der Waals surface area contributed by atoms with Gasteiger partial charge in [-0.25, -0.2) is 9.97 Å². The van der Waals surface area contributed by atoms with Crippen LogP contribution in [0.3, 0.4) is 0 Å². The van der Waals surface area contributed by atoms with E-state index in [9.17, 15) is 4.79 Å². The van der Waals surface area contributed by atoms with E-state index in [1.807, 2.05) is 88.4 Å². The Labute approximate surface area is 192 Å². The molecule has 4 heterocycles. The van der Waals surface area contributed by atoms with E-state index in [4.69, 9.17) is 4.74 Å². The topological polar surface area (TPSA) is 63.0 Å². The number of fused-ring (bicyclic) bond motifs is 1. The highest BCUT2D eigenvalue weighted by Gasteiger charge is 2.20. The average Bonchev–Trinajstić information content (AvgIpc) is 3.30. The number of aromatic nitrogens is 3. The molecule has 1 saturated heterocycles.